The highest BCUT2D eigenvalue weighted by molar-refractivity contribution is 5.93. The zero-order valence-electron chi connectivity index (χ0n) is 17.5. The van der Waals surface area contributed by atoms with Gasteiger partial charge in [-0.15, -0.1) is 0 Å². The van der Waals surface area contributed by atoms with Gasteiger partial charge in [0.15, 0.2) is 0 Å². The molecule has 7 heteroatoms. The Morgan fingerprint density at radius 3 is 2.59 bits per heavy atom. The molecule has 1 saturated heterocycles. The molecule has 1 aromatic carbocycles. The molecule has 1 aliphatic carbocycles. The number of aromatic amines is 1. The Kier molecular flexibility index (Phi) is 4.24. The Labute approximate surface area is 171 Å². The number of rotatable bonds is 4. The van der Waals surface area contributed by atoms with Gasteiger partial charge in [0.25, 0.3) is 0 Å². The summed E-state index contributed by atoms with van der Waals surface area (Å²) in [5.74, 6) is 1.84. The third-order valence-electron chi connectivity index (χ3n) is 6.43. The van der Waals surface area contributed by atoms with Crippen molar-refractivity contribution in [2.24, 2.45) is 0 Å². The topological polar surface area (TPSA) is 70.2 Å². The summed E-state index contributed by atoms with van der Waals surface area (Å²) in [5, 5.41) is 8.70. The van der Waals surface area contributed by atoms with E-state index >= 15 is 0 Å². The van der Waals surface area contributed by atoms with Gasteiger partial charge in [-0.3, -0.25) is 10.00 Å². The van der Waals surface area contributed by atoms with Crippen LogP contribution in [0, 0.1) is 0 Å². The van der Waals surface area contributed by atoms with Crippen LogP contribution in [0.1, 0.15) is 33.6 Å². The van der Waals surface area contributed by atoms with E-state index in [0.29, 0.717) is 12.1 Å². The van der Waals surface area contributed by atoms with Crippen molar-refractivity contribution in [1.82, 2.24) is 25.1 Å². The Hall–Kier alpha value is -2.67. The summed E-state index contributed by atoms with van der Waals surface area (Å²) in [7, 11) is 2.19. The molecule has 152 valence electrons. The predicted octanol–water partition coefficient (Wildman–Crippen LogP) is 3.48. The van der Waals surface area contributed by atoms with Gasteiger partial charge in [0, 0.05) is 36.6 Å². The predicted molar refractivity (Wildman–Crippen MR) is 114 cm³/mol. The molecule has 3 aromatic rings. The number of piperazine rings is 1. The lowest BCUT2D eigenvalue weighted by Crippen LogP contribution is -2.55. The number of benzene rings is 1. The lowest BCUT2D eigenvalue weighted by Gasteiger charge is -2.42. The number of H-pyrrole nitrogens is 1. The summed E-state index contributed by atoms with van der Waals surface area (Å²) in [6, 6.07) is 9.11. The zero-order chi connectivity index (χ0) is 20.2. The molecule has 0 radical (unpaired) electrons. The Morgan fingerprint density at radius 2 is 1.86 bits per heavy atom. The molecule has 0 spiro atoms. The van der Waals surface area contributed by atoms with Crippen molar-refractivity contribution in [2.75, 3.05) is 25.0 Å². The number of nitrogens with zero attached hydrogens (tertiary/aromatic N) is 5. The number of likely N-dealkylation sites (N-methyl/N-ethyl adjacent to an activating group) is 1. The van der Waals surface area contributed by atoms with Crippen LogP contribution in [0.3, 0.4) is 0 Å². The van der Waals surface area contributed by atoms with Gasteiger partial charge >= 0.3 is 0 Å². The fraction of sp³-hybridized carbons (Fsp3) is 0.500. The van der Waals surface area contributed by atoms with Gasteiger partial charge in [-0.1, -0.05) is 0 Å². The molecule has 5 rings (SSSR count). The average Bonchev–Trinajstić information content (AvgIpc) is 3.28. The van der Waals surface area contributed by atoms with E-state index in [-0.39, 0.29) is 5.60 Å². The van der Waals surface area contributed by atoms with Crippen LogP contribution in [0.4, 0.5) is 5.82 Å². The van der Waals surface area contributed by atoms with E-state index in [1.54, 1.807) is 6.33 Å². The zero-order valence-corrected chi connectivity index (χ0v) is 17.5. The summed E-state index contributed by atoms with van der Waals surface area (Å²) < 4.78 is 6.15. The maximum Gasteiger partial charge on any atom is 0.132 e. The fourth-order valence-electron chi connectivity index (χ4n) is 4.06. The summed E-state index contributed by atoms with van der Waals surface area (Å²) >= 11 is 0. The van der Waals surface area contributed by atoms with E-state index < -0.39 is 0 Å². The summed E-state index contributed by atoms with van der Waals surface area (Å²) in [5.41, 5.74) is 2.64. The van der Waals surface area contributed by atoms with Crippen LogP contribution in [0.5, 0.6) is 5.75 Å². The van der Waals surface area contributed by atoms with Crippen molar-refractivity contribution in [3.63, 3.8) is 0 Å². The van der Waals surface area contributed by atoms with E-state index in [1.807, 2.05) is 12.1 Å². The fourth-order valence-corrected chi connectivity index (χ4v) is 4.06. The molecule has 2 atom stereocenters. The maximum atomic E-state index is 6.15. The summed E-state index contributed by atoms with van der Waals surface area (Å²) in [4.78, 5) is 13.8. The molecular weight excluding hydrogens is 364 g/mol. The molecule has 0 unspecified atom stereocenters. The summed E-state index contributed by atoms with van der Waals surface area (Å²) in [6.45, 7) is 8.58. The van der Waals surface area contributed by atoms with Gasteiger partial charge < -0.3 is 9.64 Å². The Morgan fingerprint density at radius 1 is 1.10 bits per heavy atom. The molecular formula is C22H28N6O. The van der Waals surface area contributed by atoms with Crippen molar-refractivity contribution in [1.29, 1.82) is 0 Å². The van der Waals surface area contributed by atoms with Gasteiger partial charge in [-0.2, -0.15) is 5.10 Å². The average molecular weight is 393 g/mol. The number of aromatic nitrogens is 4. The largest absolute Gasteiger partial charge is 0.488 e. The van der Waals surface area contributed by atoms with Crippen molar-refractivity contribution < 1.29 is 4.74 Å². The molecule has 2 fully saturated rings. The van der Waals surface area contributed by atoms with Gasteiger partial charge in [0.2, 0.25) is 0 Å². The van der Waals surface area contributed by atoms with Gasteiger partial charge in [-0.05, 0) is 58.9 Å². The Balaban J connectivity index is 1.47. The highest BCUT2D eigenvalue weighted by Crippen LogP contribution is 2.40. The normalized spacial score (nSPS) is 24.1. The number of ether oxygens (including phenoxy) is 1. The van der Waals surface area contributed by atoms with E-state index in [2.05, 4.69) is 69.9 Å². The second kappa shape index (κ2) is 6.69. The SMILES string of the molecule is C[C@@H]1CN(c2cc(-c3n[nH]c4ccc(OC5(C)CC5)cc34)ncn2)C[C@H](C)N1C. The van der Waals surface area contributed by atoms with E-state index in [1.165, 1.54) is 0 Å². The smallest absolute Gasteiger partial charge is 0.132 e. The first kappa shape index (κ1) is 18.4. The van der Waals surface area contributed by atoms with Crippen LogP contribution in [0.2, 0.25) is 0 Å². The number of hydrogen-bond acceptors (Lipinski definition) is 6. The molecule has 1 N–H and O–H groups in total. The highest BCUT2D eigenvalue weighted by Gasteiger charge is 2.40. The Bertz CT molecular complexity index is 1030. The number of fused-ring (bicyclic) bond motifs is 1. The van der Waals surface area contributed by atoms with E-state index in [9.17, 15) is 0 Å². The van der Waals surface area contributed by atoms with Gasteiger partial charge in [-0.25, -0.2) is 9.97 Å². The lowest BCUT2D eigenvalue weighted by molar-refractivity contribution is 0.169. The van der Waals surface area contributed by atoms with Crippen molar-refractivity contribution in [3.8, 4) is 17.1 Å². The minimum absolute atomic E-state index is 0.00548. The first-order valence-electron chi connectivity index (χ1n) is 10.4. The molecule has 0 amide bonds. The lowest BCUT2D eigenvalue weighted by atomic mass is 10.1. The highest BCUT2D eigenvalue weighted by atomic mass is 16.5. The first-order valence-corrected chi connectivity index (χ1v) is 10.4. The molecule has 1 saturated carbocycles. The molecule has 3 heterocycles. The van der Waals surface area contributed by atoms with Gasteiger partial charge in [0.05, 0.1) is 11.2 Å². The van der Waals surface area contributed by atoms with Crippen molar-refractivity contribution in [2.45, 2.75) is 51.3 Å². The standard InChI is InChI=1S/C22H28N6O/c1-14-11-28(12-15(2)27(14)4)20-10-19(23-13-24-20)21-17-9-16(29-22(3)7-8-22)5-6-18(17)25-26-21/h5-6,9-10,13-15H,7-8,11-12H2,1-4H3,(H,25,26)/t14-,15+. The second-order valence-electron chi connectivity index (χ2n) is 8.86. The van der Waals surface area contributed by atoms with Gasteiger partial charge in [0.1, 0.15) is 29.2 Å². The summed E-state index contributed by atoms with van der Waals surface area (Å²) in [6.07, 6.45) is 3.87. The second-order valence-corrected chi connectivity index (χ2v) is 8.86. The monoisotopic (exact) mass is 392 g/mol. The molecule has 2 aliphatic rings. The van der Waals surface area contributed by atoms with Crippen LogP contribution >= 0.6 is 0 Å². The third kappa shape index (κ3) is 3.44. The molecule has 0 bridgehead atoms. The third-order valence-corrected chi connectivity index (χ3v) is 6.43. The van der Waals surface area contributed by atoms with Crippen molar-refractivity contribution >= 4 is 16.7 Å². The van der Waals surface area contributed by atoms with Crippen LogP contribution < -0.4 is 9.64 Å². The molecule has 1 aliphatic heterocycles. The maximum absolute atomic E-state index is 6.15. The number of anilines is 1. The van der Waals surface area contributed by atoms with Crippen LogP contribution in [-0.4, -0.2) is 62.9 Å². The molecule has 29 heavy (non-hydrogen) atoms. The van der Waals surface area contributed by atoms with E-state index in [0.717, 1.165) is 59.8 Å². The molecule has 2 aromatic heterocycles. The van der Waals surface area contributed by atoms with E-state index in [4.69, 9.17) is 4.74 Å². The number of hydrogen-bond donors (Lipinski definition) is 1. The minimum Gasteiger partial charge on any atom is -0.488 e. The van der Waals surface area contributed by atoms with Crippen LogP contribution in [0.25, 0.3) is 22.3 Å². The van der Waals surface area contributed by atoms with Crippen LogP contribution in [-0.2, 0) is 0 Å². The van der Waals surface area contributed by atoms with Crippen LogP contribution in [0.15, 0.2) is 30.6 Å². The molecule has 7 nitrogen and oxygen atoms in total. The van der Waals surface area contributed by atoms with Crippen molar-refractivity contribution in [3.05, 3.63) is 30.6 Å². The first-order chi connectivity index (χ1) is 13.9. The number of nitrogens with one attached hydrogen (secondary N) is 1. The minimum atomic E-state index is -0.00548. The quantitative estimate of drug-likeness (QED) is 0.733.